The van der Waals surface area contributed by atoms with Gasteiger partial charge < -0.3 is 29.6 Å². The van der Waals surface area contributed by atoms with E-state index in [1.165, 1.54) is 0 Å². The van der Waals surface area contributed by atoms with Crippen LogP contribution < -0.4 is 0 Å². The average molecular weight is 222 g/mol. The van der Waals surface area contributed by atoms with Gasteiger partial charge in [0.2, 0.25) is 6.23 Å². The van der Waals surface area contributed by atoms with E-state index in [0.29, 0.717) is 0 Å². The van der Waals surface area contributed by atoms with Gasteiger partial charge in [-0.15, -0.1) is 0 Å². The van der Waals surface area contributed by atoms with Crippen LogP contribution in [-0.4, -0.2) is 83.3 Å². The molecule has 0 aliphatic carbocycles. The maximum atomic E-state index is 9.72. The van der Waals surface area contributed by atoms with Gasteiger partial charge in [-0.25, -0.2) is 0 Å². The normalized spacial score (nSPS) is 43.0. The first kappa shape index (κ1) is 12.8. The molecule has 1 aliphatic rings. The van der Waals surface area contributed by atoms with Gasteiger partial charge in [0.1, 0.15) is 18.3 Å². The van der Waals surface area contributed by atoms with Crippen LogP contribution >= 0.6 is 0 Å². The van der Waals surface area contributed by atoms with E-state index in [0.717, 1.165) is 0 Å². The summed E-state index contributed by atoms with van der Waals surface area (Å²) in [5.74, 6) is 0. The number of nitrogens with zero attached hydrogens (tertiary/aromatic N) is 1. The van der Waals surface area contributed by atoms with Crippen molar-refractivity contribution in [3.05, 3.63) is 0 Å². The SMILES string of the molecule is C[N+](C)(C)C1OC(CO)C(O)C(O)C1O. The van der Waals surface area contributed by atoms with E-state index in [9.17, 15) is 15.3 Å². The number of aliphatic hydroxyl groups is 4. The molecule has 5 unspecified atom stereocenters. The van der Waals surface area contributed by atoms with Crippen LogP contribution in [0, 0.1) is 0 Å². The Hall–Kier alpha value is -0.240. The number of ether oxygens (including phenoxy) is 1. The van der Waals surface area contributed by atoms with E-state index in [2.05, 4.69) is 0 Å². The number of aliphatic hydroxyl groups excluding tert-OH is 4. The molecule has 0 radical (unpaired) electrons. The van der Waals surface area contributed by atoms with Crippen LogP contribution in [0.4, 0.5) is 0 Å². The Morgan fingerprint density at radius 2 is 1.53 bits per heavy atom. The molecule has 0 amide bonds. The Morgan fingerprint density at radius 1 is 1.00 bits per heavy atom. The molecule has 0 aromatic heterocycles. The average Bonchev–Trinajstić information content (AvgIpc) is 2.13. The van der Waals surface area contributed by atoms with Gasteiger partial charge in [-0.2, -0.15) is 0 Å². The zero-order valence-electron chi connectivity index (χ0n) is 9.24. The summed E-state index contributed by atoms with van der Waals surface area (Å²) >= 11 is 0. The molecule has 6 nitrogen and oxygen atoms in total. The van der Waals surface area contributed by atoms with Crippen molar-refractivity contribution >= 4 is 0 Å². The molecule has 0 aromatic rings. The highest BCUT2D eigenvalue weighted by molar-refractivity contribution is 4.88. The fourth-order valence-electron chi connectivity index (χ4n) is 1.72. The number of hydrogen-bond acceptors (Lipinski definition) is 5. The lowest BCUT2D eigenvalue weighted by Gasteiger charge is -2.45. The minimum Gasteiger partial charge on any atom is -0.394 e. The molecule has 0 aromatic carbocycles. The second kappa shape index (κ2) is 4.32. The van der Waals surface area contributed by atoms with Crippen molar-refractivity contribution in [1.82, 2.24) is 0 Å². The van der Waals surface area contributed by atoms with Crippen molar-refractivity contribution < 1.29 is 29.6 Å². The third-order valence-corrected chi connectivity index (χ3v) is 2.63. The maximum absolute atomic E-state index is 9.72. The second-order valence-corrected chi connectivity index (χ2v) is 4.84. The Labute approximate surface area is 88.9 Å². The van der Waals surface area contributed by atoms with E-state index in [4.69, 9.17) is 9.84 Å². The Morgan fingerprint density at radius 3 is 1.93 bits per heavy atom. The second-order valence-electron chi connectivity index (χ2n) is 4.84. The van der Waals surface area contributed by atoms with Crippen LogP contribution in [0.3, 0.4) is 0 Å². The first-order chi connectivity index (χ1) is 6.79. The van der Waals surface area contributed by atoms with Gasteiger partial charge in [0.05, 0.1) is 27.7 Å². The standard InChI is InChI=1S/C9H20NO5/c1-10(2,3)9-8(14)7(13)6(12)5(4-11)15-9/h5-9,11-14H,4H2,1-3H3/q+1. The van der Waals surface area contributed by atoms with E-state index in [1.54, 1.807) is 21.1 Å². The summed E-state index contributed by atoms with van der Waals surface area (Å²) in [6.07, 6.45) is -5.24. The highest BCUT2D eigenvalue weighted by Gasteiger charge is 2.48. The van der Waals surface area contributed by atoms with Crippen LogP contribution in [0.2, 0.25) is 0 Å². The van der Waals surface area contributed by atoms with Gasteiger partial charge in [0, 0.05) is 0 Å². The van der Waals surface area contributed by atoms with Crippen LogP contribution in [0.1, 0.15) is 0 Å². The maximum Gasteiger partial charge on any atom is 0.222 e. The molecular weight excluding hydrogens is 202 g/mol. The molecule has 1 aliphatic heterocycles. The summed E-state index contributed by atoms with van der Waals surface area (Å²) in [5, 5.41) is 37.8. The fourth-order valence-corrected chi connectivity index (χ4v) is 1.72. The van der Waals surface area contributed by atoms with Crippen molar-refractivity contribution in [1.29, 1.82) is 0 Å². The van der Waals surface area contributed by atoms with Crippen LogP contribution in [0.5, 0.6) is 0 Å². The van der Waals surface area contributed by atoms with Crippen LogP contribution in [0.15, 0.2) is 0 Å². The van der Waals surface area contributed by atoms with Crippen LogP contribution in [-0.2, 0) is 4.74 Å². The van der Waals surface area contributed by atoms with Crippen molar-refractivity contribution in [3.8, 4) is 0 Å². The number of quaternary nitrogens is 1. The number of hydrogen-bond donors (Lipinski definition) is 4. The molecule has 5 atom stereocenters. The number of likely N-dealkylation sites (N-methyl/N-ethyl adjacent to an activating group) is 1. The van der Waals surface area contributed by atoms with E-state index < -0.39 is 30.6 Å². The lowest BCUT2D eigenvalue weighted by Crippen LogP contribution is -2.66. The van der Waals surface area contributed by atoms with Gasteiger partial charge in [-0.1, -0.05) is 0 Å². The molecule has 0 spiro atoms. The first-order valence-corrected chi connectivity index (χ1v) is 4.90. The predicted octanol–water partition coefficient (Wildman–Crippen LogP) is -2.51. The zero-order chi connectivity index (χ0) is 11.8. The minimum absolute atomic E-state index is 0.279. The summed E-state index contributed by atoms with van der Waals surface area (Å²) in [6.45, 7) is -0.387. The minimum atomic E-state index is -1.29. The van der Waals surface area contributed by atoms with Gasteiger partial charge >= 0.3 is 0 Å². The quantitative estimate of drug-likeness (QED) is 0.388. The molecule has 90 valence electrons. The van der Waals surface area contributed by atoms with Crippen LogP contribution in [0.25, 0.3) is 0 Å². The Balaban J connectivity index is 2.83. The summed E-state index contributed by atoms with van der Waals surface area (Å²) in [5.41, 5.74) is 0. The molecule has 0 saturated carbocycles. The molecule has 0 bridgehead atoms. The Kier molecular flexibility index (Phi) is 3.70. The van der Waals surface area contributed by atoms with Gasteiger partial charge in [0.25, 0.3) is 0 Å². The fraction of sp³-hybridized carbons (Fsp3) is 1.00. The third kappa shape index (κ3) is 2.47. The Bertz CT molecular complexity index is 215. The van der Waals surface area contributed by atoms with E-state index >= 15 is 0 Å². The largest absolute Gasteiger partial charge is 0.394 e. The molecule has 6 heteroatoms. The predicted molar refractivity (Wildman–Crippen MR) is 51.8 cm³/mol. The zero-order valence-corrected chi connectivity index (χ0v) is 9.24. The van der Waals surface area contributed by atoms with E-state index in [-0.39, 0.29) is 11.1 Å². The monoisotopic (exact) mass is 222 g/mol. The molecule has 4 N–H and O–H groups in total. The van der Waals surface area contributed by atoms with Gasteiger partial charge in [-0.3, -0.25) is 0 Å². The van der Waals surface area contributed by atoms with Crippen molar-refractivity contribution in [3.63, 3.8) is 0 Å². The first-order valence-electron chi connectivity index (χ1n) is 4.90. The van der Waals surface area contributed by atoms with E-state index in [1.807, 2.05) is 0 Å². The molecule has 1 fully saturated rings. The smallest absolute Gasteiger partial charge is 0.222 e. The summed E-state index contributed by atoms with van der Waals surface area (Å²) in [4.78, 5) is 0. The summed E-state index contributed by atoms with van der Waals surface area (Å²) < 4.78 is 5.64. The molecule has 1 heterocycles. The molecule has 1 rings (SSSR count). The lowest BCUT2D eigenvalue weighted by molar-refractivity contribution is -0.927. The summed E-state index contributed by atoms with van der Waals surface area (Å²) in [7, 11) is 5.40. The van der Waals surface area contributed by atoms with Crippen molar-refractivity contribution in [2.24, 2.45) is 0 Å². The van der Waals surface area contributed by atoms with Crippen molar-refractivity contribution in [2.45, 2.75) is 30.6 Å². The molecular formula is C9H20NO5+. The van der Waals surface area contributed by atoms with Crippen molar-refractivity contribution in [2.75, 3.05) is 27.7 Å². The lowest BCUT2D eigenvalue weighted by atomic mass is 9.97. The molecule has 1 saturated heterocycles. The third-order valence-electron chi connectivity index (χ3n) is 2.63. The van der Waals surface area contributed by atoms with Gasteiger partial charge in [0.15, 0.2) is 6.10 Å². The van der Waals surface area contributed by atoms with Gasteiger partial charge in [-0.05, 0) is 0 Å². The highest BCUT2D eigenvalue weighted by atomic mass is 16.6. The number of rotatable bonds is 2. The topological polar surface area (TPSA) is 90.2 Å². The molecule has 15 heavy (non-hydrogen) atoms. The summed E-state index contributed by atoms with van der Waals surface area (Å²) in [6, 6.07) is 0. The highest BCUT2D eigenvalue weighted by Crippen LogP contribution is 2.24.